The Morgan fingerprint density at radius 3 is 2.79 bits per heavy atom. The number of hydrogen-bond donors (Lipinski definition) is 2. The van der Waals surface area contributed by atoms with Gasteiger partial charge in [-0.3, -0.25) is 4.79 Å². The van der Waals surface area contributed by atoms with Crippen molar-refractivity contribution in [3.8, 4) is 0 Å². The first kappa shape index (κ1) is 13.7. The van der Waals surface area contributed by atoms with Crippen LogP contribution in [0.1, 0.15) is 24.1 Å². The number of nitrogens with two attached hydrogens (primary N) is 1. The van der Waals surface area contributed by atoms with Crippen LogP contribution in [0.2, 0.25) is 0 Å². The van der Waals surface area contributed by atoms with E-state index < -0.39 is 0 Å². The highest BCUT2D eigenvalue weighted by Crippen LogP contribution is 2.11. The lowest BCUT2D eigenvalue weighted by molar-refractivity contribution is -0.128. The molecule has 1 amide bonds. The van der Waals surface area contributed by atoms with Crippen molar-refractivity contribution in [3.05, 3.63) is 23.4 Å². The monoisotopic (exact) mass is 278 g/mol. The highest BCUT2D eigenvalue weighted by atomic mass is 32.1. The fourth-order valence-electron chi connectivity index (χ4n) is 2.15. The number of likely N-dealkylation sites (tertiary alicyclic amines) is 1. The Morgan fingerprint density at radius 2 is 2.16 bits per heavy atom. The molecule has 1 fully saturated rings. The number of carbonyl (C=O) groups excluding carboxylic acids is 1. The van der Waals surface area contributed by atoms with Gasteiger partial charge in [0.1, 0.15) is 10.8 Å². The van der Waals surface area contributed by atoms with Crippen LogP contribution in [0.3, 0.4) is 0 Å². The van der Waals surface area contributed by atoms with Crippen LogP contribution >= 0.6 is 12.2 Å². The maximum absolute atomic E-state index is 11.9. The number of rotatable bonds is 4. The van der Waals surface area contributed by atoms with Gasteiger partial charge in [-0.15, -0.1) is 0 Å². The van der Waals surface area contributed by atoms with E-state index >= 15 is 0 Å². The number of nitrogens with zero attached hydrogens (tertiary/aromatic N) is 2. The summed E-state index contributed by atoms with van der Waals surface area (Å²) >= 11 is 4.95. The lowest BCUT2D eigenvalue weighted by Gasteiger charge is -2.16. The third kappa shape index (κ3) is 3.64. The quantitative estimate of drug-likeness (QED) is 0.806. The highest BCUT2D eigenvalue weighted by molar-refractivity contribution is 7.80. The summed E-state index contributed by atoms with van der Waals surface area (Å²) in [7, 11) is 0. The Bertz CT molecular complexity index is 497. The second kappa shape index (κ2) is 5.97. The molecule has 1 aromatic heterocycles. The van der Waals surface area contributed by atoms with Gasteiger partial charge in [0.25, 0.3) is 0 Å². The molecule has 0 aromatic carbocycles. The van der Waals surface area contributed by atoms with Crippen molar-refractivity contribution in [1.82, 2.24) is 9.88 Å². The second-order valence-corrected chi connectivity index (χ2v) is 5.13. The van der Waals surface area contributed by atoms with Crippen LogP contribution < -0.4 is 11.1 Å². The van der Waals surface area contributed by atoms with E-state index in [9.17, 15) is 4.79 Å². The second-order valence-electron chi connectivity index (χ2n) is 4.69. The summed E-state index contributed by atoms with van der Waals surface area (Å²) in [5, 5.41) is 3.04. The molecule has 6 heteroatoms. The number of amides is 1. The van der Waals surface area contributed by atoms with Crippen LogP contribution in [0.15, 0.2) is 12.1 Å². The first-order valence-electron chi connectivity index (χ1n) is 6.36. The first-order valence-corrected chi connectivity index (χ1v) is 6.77. The predicted molar refractivity (Wildman–Crippen MR) is 79.2 cm³/mol. The van der Waals surface area contributed by atoms with Crippen LogP contribution in [0.4, 0.5) is 5.82 Å². The lowest BCUT2D eigenvalue weighted by atomic mass is 10.2. The molecule has 0 radical (unpaired) electrons. The topological polar surface area (TPSA) is 71.2 Å². The number of aromatic nitrogens is 1. The average molecular weight is 278 g/mol. The van der Waals surface area contributed by atoms with Gasteiger partial charge in [-0.25, -0.2) is 4.98 Å². The molecule has 1 saturated heterocycles. The van der Waals surface area contributed by atoms with E-state index in [1.54, 1.807) is 6.07 Å². The highest BCUT2D eigenvalue weighted by Gasteiger charge is 2.17. The fraction of sp³-hybridized carbons (Fsp3) is 0.462. The zero-order chi connectivity index (χ0) is 13.8. The van der Waals surface area contributed by atoms with Gasteiger partial charge in [0, 0.05) is 24.3 Å². The van der Waals surface area contributed by atoms with E-state index in [2.05, 4.69) is 10.3 Å². The molecule has 2 rings (SSSR count). The smallest absolute Gasteiger partial charge is 0.241 e. The SMILES string of the molecule is Cc1cc(C(N)=S)cc(NCC(=O)N2CCCC2)n1. The number of carbonyl (C=O) groups is 1. The number of pyridine rings is 1. The van der Waals surface area contributed by atoms with Gasteiger partial charge in [0.2, 0.25) is 5.91 Å². The van der Waals surface area contributed by atoms with E-state index in [1.165, 1.54) is 0 Å². The Hall–Kier alpha value is -1.69. The minimum Gasteiger partial charge on any atom is -0.389 e. The number of hydrogen-bond acceptors (Lipinski definition) is 4. The summed E-state index contributed by atoms with van der Waals surface area (Å²) in [6.07, 6.45) is 2.19. The molecule has 0 spiro atoms. The average Bonchev–Trinajstić information content (AvgIpc) is 2.89. The van der Waals surface area contributed by atoms with Crippen molar-refractivity contribution in [1.29, 1.82) is 0 Å². The van der Waals surface area contributed by atoms with E-state index in [-0.39, 0.29) is 12.5 Å². The number of thiocarbonyl (C=S) groups is 1. The number of nitrogens with one attached hydrogen (secondary N) is 1. The summed E-state index contributed by atoms with van der Waals surface area (Å²) < 4.78 is 0. The summed E-state index contributed by atoms with van der Waals surface area (Å²) in [6.45, 7) is 3.85. The molecule has 19 heavy (non-hydrogen) atoms. The maximum Gasteiger partial charge on any atom is 0.241 e. The third-order valence-corrected chi connectivity index (χ3v) is 3.35. The summed E-state index contributed by atoms with van der Waals surface area (Å²) in [5.74, 6) is 0.744. The molecule has 2 heterocycles. The van der Waals surface area contributed by atoms with Crippen molar-refractivity contribution in [2.75, 3.05) is 25.0 Å². The van der Waals surface area contributed by atoms with Crippen molar-refractivity contribution >= 4 is 28.9 Å². The van der Waals surface area contributed by atoms with Crippen molar-refractivity contribution < 1.29 is 4.79 Å². The minimum atomic E-state index is 0.109. The molecule has 3 N–H and O–H groups in total. The van der Waals surface area contributed by atoms with Crippen LogP contribution in [0, 0.1) is 6.92 Å². The minimum absolute atomic E-state index is 0.109. The van der Waals surface area contributed by atoms with Gasteiger partial charge in [-0.1, -0.05) is 12.2 Å². The molecule has 5 nitrogen and oxygen atoms in total. The predicted octanol–water partition coefficient (Wildman–Crippen LogP) is 1.06. The Balaban J connectivity index is 1.98. The fourth-order valence-corrected chi connectivity index (χ4v) is 2.26. The third-order valence-electron chi connectivity index (χ3n) is 3.12. The van der Waals surface area contributed by atoms with Gasteiger partial charge in [0.15, 0.2) is 0 Å². The van der Waals surface area contributed by atoms with Gasteiger partial charge in [-0.2, -0.15) is 0 Å². The maximum atomic E-state index is 11.9. The molecular formula is C13H18N4OS. The molecule has 0 bridgehead atoms. The van der Waals surface area contributed by atoms with Crippen LogP contribution in [-0.2, 0) is 4.79 Å². The molecule has 1 aromatic rings. The van der Waals surface area contributed by atoms with Crippen molar-refractivity contribution in [2.45, 2.75) is 19.8 Å². The van der Waals surface area contributed by atoms with Crippen molar-refractivity contribution in [2.24, 2.45) is 5.73 Å². The molecule has 102 valence electrons. The largest absolute Gasteiger partial charge is 0.389 e. The van der Waals surface area contributed by atoms with E-state index in [0.717, 1.165) is 37.2 Å². The van der Waals surface area contributed by atoms with Gasteiger partial charge < -0.3 is 16.0 Å². The number of anilines is 1. The summed E-state index contributed by atoms with van der Waals surface area (Å²) in [5.41, 5.74) is 7.19. The zero-order valence-electron chi connectivity index (χ0n) is 11.0. The standard InChI is InChI=1S/C13H18N4OS/c1-9-6-10(13(14)19)7-11(16-9)15-8-12(18)17-4-2-3-5-17/h6-7H,2-5,8H2,1H3,(H2,14,19)(H,15,16). The Kier molecular flexibility index (Phi) is 4.31. The molecule has 1 aliphatic heterocycles. The normalized spacial score (nSPS) is 14.5. The molecule has 0 unspecified atom stereocenters. The zero-order valence-corrected chi connectivity index (χ0v) is 11.8. The molecular weight excluding hydrogens is 260 g/mol. The molecule has 0 saturated carbocycles. The lowest BCUT2D eigenvalue weighted by Crippen LogP contribution is -2.33. The summed E-state index contributed by atoms with van der Waals surface area (Å²) in [4.78, 5) is 18.4. The number of aryl methyl sites for hydroxylation is 1. The van der Waals surface area contributed by atoms with Gasteiger partial charge >= 0.3 is 0 Å². The van der Waals surface area contributed by atoms with Gasteiger partial charge in [0.05, 0.1) is 6.54 Å². The first-order chi connectivity index (χ1) is 9.06. The summed E-state index contributed by atoms with van der Waals surface area (Å²) in [6, 6.07) is 3.60. The van der Waals surface area contributed by atoms with Crippen LogP contribution in [0.5, 0.6) is 0 Å². The van der Waals surface area contributed by atoms with Crippen molar-refractivity contribution in [3.63, 3.8) is 0 Å². The van der Waals surface area contributed by atoms with E-state index in [1.807, 2.05) is 17.9 Å². The molecule has 0 atom stereocenters. The molecule has 0 aliphatic carbocycles. The van der Waals surface area contributed by atoms with E-state index in [0.29, 0.717) is 10.8 Å². The van der Waals surface area contributed by atoms with Crippen LogP contribution in [0.25, 0.3) is 0 Å². The van der Waals surface area contributed by atoms with Gasteiger partial charge in [-0.05, 0) is 31.9 Å². The Morgan fingerprint density at radius 1 is 1.47 bits per heavy atom. The van der Waals surface area contributed by atoms with Crippen LogP contribution in [-0.4, -0.2) is 40.4 Å². The van der Waals surface area contributed by atoms with E-state index in [4.69, 9.17) is 18.0 Å². The molecule has 1 aliphatic rings. The Labute approximate surface area is 118 Å².